The van der Waals surface area contributed by atoms with Gasteiger partial charge in [-0.1, -0.05) is 12.1 Å². The molecule has 4 aromatic rings. The van der Waals surface area contributed by atoms with Crippen LogP contribution in [0.15, 0.2) is 48.5 Å². The number of aromatic amines is 1. The van der Waals surface area contributed by atoms with Crippen molar-refractivity contribution in [2.24, 2.45) is 0 Å². The molecule has 3 heterocycles. The zero-order valence-electron chi connectivity index (χ0n) is 20.4. The van der Waals surface area contributed by atoms with Crippen LogP contribution < -0.4 is 9.47 Å². The number of nitrogens with zero attached hydrogens (tertiary/aromatic N) is 1. The molecule has 5 rings (SSSR count). The van der Waals surface area contributed by atoms with Crippen LogP contribution in [0.25, 0.3) is 21.0 Å². The summed E-state index contributed by atoms with van der Waals surface area (Å²) in [6, 6.07) is 16.7. The molecule has 1 aliphatic heterocycles. The molecule has 0 aliphatic carbocycles. The molecule has 180 valence electrons. The topological polar surface area (TPSA) is 57.7 Å². The SMILES string of the molecule is COc1cccc2sc([C@H]3CCN(C[C@H](O)COc4cccc5[nH]c(C)cc45)C(C)(C)C3)cc12. The van der Waals surface area contributed by atoms with Crippen LogP contribution in [-0.4, -0.2) is 53.4 Å². The first-order valence-corrected chi connectivity index (χ1v) is 12.9. The van der Waals surface area contributed by atoms with E-state index in [0.29, 0.717) is 12.5 Å². The lowest BCUT2D eigenvalue weighted by Crippen LogP contribution is -2.52. The van der Waals surface area contributed by atoms with Crippen LogP contribution in [0.4, 0.5) is 0 Å². The van der Waals surface area contributed by atoms with Gasteiger partial charge in [0.15, 0.2) is 0 Å². The van der Waals surface area contributed by atoms with Crippen molar-refractivity contribution in [1.82, 2.24) is 9.88 Å². The number of aliphatic hydroxyl groups is 1. The molecule has 0 spiro atoms. The lowest BCUT2D eigenvalue weighted by molar-refractivity contribution is 0.00396. The van der Waals surface area contributed by atoms with Gasteiger partial charge in [0.25, 0.3) is 0 Å². The van der Waals surface area contributed by atoms with Crippen molar-refractivity contribution in [3.8, 4) is 11.5 Å². The van der Waals surface area contributed by atoms with Crippen LogP contribution in [0.5, 0.6) is 11.5 Å². The fourth-order valence-corrected chi connectivity index (χ4v) is 6.56. The van der Waals surface area contributed by atoms with Crippen LogP contribution >= 0.6 is 11.3 Å². The number of benzene rings is 2. The number of rotatable bonds is 7. The van der Waals surface area contributed by atoms with Gasteiger partial charge in [0, 0.05) is 43.6 Å². The minimum Gasteiger partial charge on any atom is -0.496 e. The predicted molar refractivity (Wildman–Crippen MR) is 141 cm³/mol. The summed E-state index contributed by atoms with van der Waals surface area (Å²) in [5.41, 5.74) is 2.17. The highest BCUT2D eigenvalue weighted by Crippen LogP contribution is 2.43. The second-order valence-electron chi connectivity index (χ2n) is 10.1. The first kappa shape index (κ1) is 23.2. The number of β-amino-alcohol motifs (C(OH)–C–C–N with tert-alkyl or cyclic N) is 1. The quantitative estimate of drug-likeness (QED) is 0.337. The molecule has 34 heavy (non-hydrogen) atoms. The van der Waals surface area contributed by atoms with E-state index in [-0.39, 0.29) is 12.1 Å². The third-order valence-electron chi connectivity index (χ3n) is 7.13. The van der Waals surface area contributed by atoms with Crippen molar-refractivity contribution in [3.63, 3.8) is 0 Å². The zero-order valence-corrected chi connectivity index (χ0v) is 21.2. The minimum atomic E-state index is -0.542. The van der Waals surface area contributed by atoms with Gasteiger partial charge in [-0.15, -0.1) is 11.3 Å². The van der Waals surface area contributed by atoms with E-state index in [2.05, 4.69) is 48.0 Å². The van der Waals surface area contributed by atoms with Gasteiger partial charge >= 0.3 is 0 Å². The van der Waals surface area contributed by atoms with Gasteiger partial charge in [-0.3, -0.25) is 4.90 Å². The molecular weight excluding hydrogens is 444 g/mol. The lowest BCUT2D eigenvalue weighted by atomic mass is 9.81. The number of aryl methyl sites for hydroxylation is 1. The standard InChI is InChI=1S/C28H34N2O3S/c1-18-13-21-23(29-18)7-5-9-25(21)33-17-20(31)16-30-12-11-19(15-28(30,2)3)27-14-22-24(32-4)8-6-10-26(22)34-27/h5-10,13-14,19-20,29,31H,11-12,15-17H2,1-4H3/t19-,20-/m0/s1. The summed E-state index contributed by atoms with van der Waals surface area (Å²) in [5, 5.41) is 13.1. The van der Waals surface area contributed by atoms with Gasteiger partial charge in [-0.25, -0.2) is 0 Å². The molecule has 0 radical (unpaired) electrons. The maximum Gasteiger partial charge on any atom is 0.128 e. The van der Waals surface area contributed by atoms with Gasteiger partial charge in [0.2, 0.25) is 0 Å². The molecular formula is C28H34N2O3S. The van der Waals surface area contributed by atoms with Crippen molar-refractivity contribution < 1.29 is 14.6 Å². The van der Waals surface area contributed by atoms with Crippen LogP contribution in [-0.2, 0) is 0 Å². The second kappa shape index (κ2) is 9.25. The maximum atomic E-state index is 10.8. The highest BCUT2D eigenvalue weighted by atomic mass is 32.1. The molecule has 2 aromatic carbocycles. The molecule has 0 unspecified atom stereocenters. The fourth-order valence-electron chi connectivity index (χ4n) is 5.35. The number of aromatic nitrogens is 1. The first-order chi connectivity index (χ1) is 16.3. The molecule has 2 N–H and O–H groups in total. The molecule has 5 nitrogen and oxygen atoms in total. The van der Waals surface area contributed by atoms with E-state index in [9.17, 15) is 5.11 Å². The Balaban J connectivity index is 1.22. The Kier molecular flexibility index (Phi) is 6.32. The largest absolute Gasteiger partial charge is 0.496 e. The molecule has 1 aliphatic rings. The predicted octanol–water partition coefficient (Wildman–Crippen LogP) is 6.10. The number of hydrogen-bond donors (Lipinski definition) is 2. The van der Waals surface area contributed by atoms with Gasteiger partial charge in [0.1, 0.15) is 24.2 Å². The van der Waals surface area contributed by atoms with Crippen LogP contribution in [0.2, 0.25) is 0 Å². The summed E-state index contributed by atoms with van der Waals surface area (Å²) >= 11 is 1.89. The van der Waals surface area contributed by atoms with E-state index in [0.717, 1.165) is 47.5 Å². The molecule has 1 saturated heterocycles. The van der Waals surface area contributed by atoms with Crippen LogP contribution in [0.3, 0.4) is 0 Å². The van der Waals surface area contributed by atoms with E-state index in [1.807, 2.05) is 42.5 Å². The van der Waals surface area contributed by atoms with Crippen molar-refractivity contribution in [2.75, 3.05) is 26.8 Å². The Morgan fingerprint density at radius 3 is 2.74 bits per heavy atom. The van der Waals surface area contributed by atoms with Gasteiger partial charge < -0.3 is 19.6 Å². The summed E-state index contributed by atoms with van der Waals surface area (Å²) in [4.78, 5) is 7.20. The Morgan fingerprint density at radius 2 is 1.94 bits per heavy atom. The van der Waals surface area contributed by atoms with Crippen molar-refractivity contribution in [1.29, 1.82) is 0 Å². The number of methoxy groups -OCH3 is 1. The van der Waals surface area contributed by atoms with E-state index in [4.69, 9.17) is 9.47 Å². The monoisotopic (exact) mass is 478 g/mol. The number of hydrogen-bond acceptors (Lipinski definition) is 5. The number of likely N-dealkylation sites (tertiary alicyclic amines) is 1. The van der Waals surface area contributed by atoms with Crippen LogP contribution in [0, 0.1) is 6.92 Å². The average Bonchev–Trinajstić information content (AvgIpc) is 3.41. The normalized spacial score (nSPS) is 19.5. The molecule has 0 saturated carbocycles. The number of ether oxygens (including phenoxy) is 2. The van der Waals surface area contributed by atoms with Gasteiger partial charge in [-0.05, 0) is 82.5 Å². The summed E-state index contributed by atoms with van der Waals surface area (Å²) < 4.78 is 12.9. The summed E-state index contributed by atoms with van der Waals surface area (Å²) in [6.45, 7) is 8.50. The molecule has 0 bridgehead atoms. The highest BCUT2D eigenvalue weighted by Gasteiger charge is 2.36. The van der Waals surface area contributed by atoms with E-state index in [1.54, 1.807) is 7.11 Å². The van der Waals surface area contributed by atoms with Gasteiger partial charge in [0.05, 0.1) is 7.11 Å². The number of H-pyrrole nitrogens is 1. The maximum absolute atomic E-state index is 10.8. The van der Waals surface area contributed by atoms with Crippen molar-refractivity contribution >= 4 is 32.3 Å². The smallest absolute Gasteiger partial charge is 0.128 e. The first-order valence-electron chi connectivity index (χ1n) is 12.0. The Bertz CT molecular complexity index is 1290. The molecule has 2 aromatic heterocycles. The van der Waals surface area contributed by atoms with Crippen LogP contribution in [0.1, 0.15) is 43.2 Å². The fraction of sp³-hybridized carbons (Fsp3) is 0.429. The third kappa shape index (κ3) is 4.54. The van der Waals surface area contributed by atoms with E-state index < -0.39 is 6.10 Å². The molecule has 1 fully saturated rings. The second-order valence-corrected chi connectivity index (χ2v) is 11.2. The zero-order chi connectivity index (χ0) is 23.9. The van der Waals surface area contributed by atoms with Crippen molar-refractivity contribution in [3.05, 3.63) is 59.1 Å². The van der Waals surface area contributed by atoms with E-state index >= 15 is 0 Å². The Morgan fingerprint density at radius 1 is 1.15 bits per heavy atom. The average molecular weight is 479 g/mol. The lowest BCUT2D eigenvalue weighted by Gasteiger charge is -2.46. The number of thiophene rings is 1. The summed E-state index contributed by atoms with van der Waals surface area (Å²) in [6.07, 6.45) is 1.62. The van der Waals surface area contributed by atoms with E-state index in [1.165, 1.54) is 15.0 Å². The van der Waals surface area contributed by atoms with Crippen molar-refractivity contribution in [2.45, 2.75) is 51.2 Å². The Hall–Kier alpha value is -2.54. The number of piperidine rings is 1. The number of fused-ring (bicyclic) bond motifs is 2. The number of nitrogens with one attached hydrogen (secondary N) is 1. The molecule has 0 amide bonds. The Labute approximate surface area is 205 Å². The summed E-state index contributed by atoms with van der Waals surface area (Å²) in [7, 11) is 1.74. The highest BCUT2D eigenvalue weighted by molar-refractivity contribution is 7.19. The van der Waals surface area contributed by atoms with Gasteiger partial charge in [-0.2, -0.15) is 0 Å². The number of aliphatic hydroxyl groups excluding tert-OH is 1. The summed E-state index contributed by atoms with van der Waals surface area (Å²) in [5.74, 6) is 2.29. The third-order valence-corrected chi connectivity index (χ3v) is 8.40. The molecule has 2 atom stereocenters. The minimum absolute atomic E-state index is 0.00191. The molecule has 6 heteroatoms.